The van der Waals surface area contributed by atoms with Crippen molar-refractivity contribution in [2.75, 3.05) is 11.9 Å². The second-order valence-electron chi connectivity index (χ2n) is 6.49. The molecule has 0 aliphatic rings. The van der Waals surface area contributed by atoms with Crippen LogP contribution in [0.25, 0.3) is 0 Å². The summed E-state index contributed by atoms with van der Waals surface area (Å²) in [5.74, 6) is 1.83. The molecule has 0 aliphatic carbocycles. The Labute approximate surface area is 105 Å². The SMILES string of the molecule is CCNc1cc(C(C)(C)C)nc(C(C)(C)C)n1. The third-order valence-corrected chi connectivity index (χ3v) is 2.52. The van der Waals surface area contributed by atoms with E-state index in [4.69, 9.17) is 4.98 Å². The van der Waals surface area contributed by atoms with Crippen molar-refractivity contribution in [2.24, 2.45) is 0 Å². The molecule has 3 nitrogen and oxygen atoms in total. The van der Waals surface area contributed by atoms with E-state index in [2.05, 4.69) is 64.8 Å². The zero-order valence-corrected chi connectivity index (χ0v) is 12.2. The highest BCUT2D eigenvalue weighted by atomic mass is 15.0. The van der Waals surface area contributed by atoms with Crippen molar-refractivity contribution in [3.05, 3.63) is 17.6 Å². The lowest BCUT2D eigenvalue weighted by Gasteiger charge is -2.23. The van der Waals surface area contributed by atoms with Gasteiger partial charge in [-0.05, 0) is 6.92 Å². The van der Waals surface area contributed by atoms with Crippen LogP contribution in [-0.4, -0.2) is 16.5 Å². The minimum atomic E-state index is -0.0224. The van der Waals surface area contributed by atoms with Gasteiger partial charge in [0.25, 0.3) is 0 Å². The highest BCUT2D eigenvalue weighted by Crippen LogP contribution is 2.26. The lowest BCUT2D eigenvalue weighted by molar-refractivity contribution is 0.514. The molecule has 1 aromatic heterocycles. The number of hydrogen-bond acceptors (Lipinski definition) is 3. The highest BCUT2D eigenvalue weighted by Gasteiger charge is 2.23. The Morgan fingerprint density at radius 3 is 2.00 bits per heavy atom. The van der Waals surface area contributed by atoms with Crippen LogP contribution in [0, 0.1) is 0 Å². The normalized spacial score (nSPS) is 12.6. The largest absolute Gasteiger partial charge is 0.370 e. The van der Waals surface area contributed by atoms with Gasteiger partial charge in [-0.2, -0.15) is 0 Å². The van der Waals surface area contributed by atoms with Gasteiger partial charge < -0.3 is 5.32 Å². The Kier molecular flexibility index (Phi) is 3.80. The molecule has 17 heavy (non-hydrogen) atoms. The summed E-state index contributed by atoms with van der Waals surface area (Å²) in [6.07, 6.45) is 0. The summed E-state index contributed by atoms with van der Waals surface area (Å²) in [7, 11) is 0. The van der Waals surface area contributed by atoms with Crippen molar-refractivity contribution < 1.29 is 0 Å². The van der Waals surface area contributed by atoms with Gasteiger partial charge in [0, 0.05) is 23.4 Å². The molecule has 0 bridgehead atoms. The van der Waals surface area contributed by atoms with E-state index >= 15 is 0 Å². The molecule has 0 aliphatic heterocycles. The molecular formula is C14H25N3. The zero-order valence-electron chi connectivity index (χ0n) is 12.2. The molecule has 0 radical (unpaired) electrons. The van der Waals surface area contributed by atoms with E-state index < -0.39 is 0 Å². The second kappa shape index (κ2) is 4.63. The number of nitrogens with zero attached hydrogens (tertiary/aromatic N) is 2. The van der Waals surface area contributed by atoms with Crippen molar-refractivity contribution in [2.45, 2.75) is 59.3 Å². The Hall–Kier alpha value is -1.12. The molecule has 1 N–H and O–H groups in total. The highest BCUT2D eigenvalue weighted by molar-refractivity contribution is 5.38. The smallest absolute Gasteiger partial charge is 0.136 e. The Bertz CT molecular complexity index is 351. The third-order valence-electron chi connectivity index (χ3n) is 2.52. The summed E-state index contributed by atoms with van der Waals surface area (Å²) in [5, 5.41) is 3.28. The summed E-state index contributed by atoms with van der Waals surface area (Å²) < 4.78 is 0. The van der Waals surface area contributed by atoms with Gasteiger partial charge in [0.05, 0.1) is 5.69 Å². The first kappa shape index (κ1) is 13.9. The summed E-state index contributed by atoms with van der Waals surface area (Å²) >= 11 is 0. The Balaban J connectivity index is 3.29. The maximum absolute atomic E-state index is 4.71. The molecule has 1 rings (SSSR count). The summed E-state index contributed by atoms with van der Waals surface area (Å²) in [5.41, 5.74) is 1.12. The van der Waals surface area contributed by atoms with Gasteiger partial charge in [-0.15, -0.1) is 0 Å². The number of anilines is 1. The van der Waals surface area contributed by atoms with E-state index in [1.54, 1.807) is 0 Å². The molecule has 0 aromatic carbocycles. The van der Waals surface area contributed by atoms with Gasteiger partial charge in [-0.25, -0.2) is 9.97 Å². The quantitative estimate of drug-likeness (QED) is 0.852. The van der Waals surface area contributed by atoms with Crippen LogP contribution < -0.4 is 5.32 Å². The Morgan fingerprint density at radius 2 is 1.59 bits per heavy atom. The van der Waals surface area contributed by atoms with Crippen molar-refractivity contribution in [3.8, 4) is 0 Å². The predicted molar refractivity (Wildman–Crippen MR) is 73.6 cm³/mol. The van der Waals surface area contributed by atoms with Crippen LogP contribution in [0.3, 0.4) is 0 Å². The van der Waals surface area contributed by atoms with Crippen molar-refractivity contribution in [1.29, 1.82) is 0 Å². The first-order valence-electron chi connectivity index (χ1n) is 6.28. The van der Waals surface area contributed by atoms with E-state index in [0.717, 1.165) is 23.9 Å². The minimum Gasteiger partial charge on any atom is -0.370 e. The molecule has 1 aromatic rings. The molecule has 0 saturated heterocycles. The lowest BCUT2D eigenvalue weighted by Crippen LogP contribution is -2.22. The summed E-state index contributed by atoms with van der Waals surface area (Å²) in [4.78, 5) is 9.29. The fourth-order valence-corrected chi connectivity index (χ4v) is 1.44. The molecule has 3 heteroatoms. The number of nitrogens with one attached hydrogen (secondary N) is 1. The van der Waals surface area contributed by atoms with Gasteiger partial charge >= 0.3 is 0 Å². The van der Waals surface area contributed by atoms with Gasteiger partial charge in [0.1, 0.15) is 11.6 Å². The predicted octanol–water partition coefficient (Wildman–Crippen LogP) is 3.50. The van der Waals surface area contributed by atoms with Gasteiger partial charge in [0.15, 0.2) is 0 Å². The number of hydrogen-bond donors (Lipinski definition) is 1. The molecule has 0 amide bonds. The van der Waals surface area contributed by atoms with Crippen LogP contribution in [0.15, 0.2) is 6.07 Å². The van der Waals surface area contributed by atoms with Gasteiger partial charge in [-0.3, -0.25) is 0 Å². The van der Waals surface area contributed by atoms with Crippen LogP contribution in [-0.2, 0) is 10.8 Å². The molecule has 0 saturated carbocycles. The molecule has 0 unspecified atom stereocenters. The van der Waals surface area contributed by atoms with Gasteiger partial charge in [0.2, 0.25) is 0 Å². The number of aromatic nitrogens is 2. The maximum Gasteiger partial charge on any atom is 0.136 e. The molecular weight excluding hydrogens is 210 g/mol. The molecule has 0 fully saturated rings. The van der Waals surface area contributed by atoms with E-state index in [-0.39, 0.29) is 10.8 Å². The van der Waals surface area contributed by atoms with Gasteiger partial charge in [-0.1, -0.05) is 41.5 Å². The summed E-state index contributed by atoms with van der Waals surface area (Å²) in [6, 6.07) is 2.05. The van der Waals surface area contributed by atoms with Crippen LogP contribution >= 0.6 is 0 Å². The second-order valence-corrected chi connectivity index (χ2v) is 6.49. The molecule has 0 spiro atoms. The van der Waals surface area contributed by atoms with Crippen molar-refractivity contribution >= 4 is 5.82 Å². The first-order chi connectivity index (χ1) is 7.64. The average Bonchev–Trinajstić information content (AvgIpc) is 2.15. The van der Waals surface area contributed by atoms with Crippen molar-refractivity contribution in [3.63, 3.8) is 0 Å². The first-order valence-corrected chi connectivity index (χ1v) is 6.28. The third kappa shape index (κ3) is 3.69. The fourth-order valence-electron chi connectivity index (χ4n) is 1.44. The fraction of sp³-hybridized carbons (Fsp3) is 0.714. The average molecular weight is 235 g/mol. The Morgan fingerprint density at radius 1 is 1.00 bits per heavy atom. The van der Waals surface area contributed by atoms with Crippen LogP contribution in [0.5, 0.6) is 0 Å². The van der Waals surface area contributed by atoms with E-state index in [1.807, 2.05) is 0 Å². The van der Waals surface area contributed by atoms with E-state index in [0.29, 0.717) is 0 Å². The topological polar surface area (TPSA) is 37.8 Å². The zero-order chi connectivity index (χ0) is 13.3. The van der Waals surface area contributed by atoms with Crippen LogP contribution in [0.4, 0.5) is 5.82 Å². The minimum absolute atomic E-state index is 0.0224. The monoisotopic (exact) mass is 235 g/mol. The van der Waals surface area contributed by atoms with Crippen LogP contribution in [0.2, 0.25) is 0 Å². The van der Waals surface area contributed by atoms with Crippen molar-refractivity contribution in [1.82, 2.24) is 9.97 Å². The molecule has 1 heterocycles. The van der Waals surface area contributed by atoms with E-state index in [9.17, 15) is 0 Å². The molecule has 0 atom stereocenters. The standard InChI is InChI=1S/C14H25N3/c1-8-15-11-9-10(13(2,3)4)16-12(17-11)14(5,6)7/h9H,8H2,1-7H3,(H,15,16,17). The van der Waals surface area contributed by atoms with E-state index in [1.165, 1.54) is 0 Å². The maximum atomic E-state index is 4.71. The lowest BCUT2D eigenvalue weighted by atomic mass is 9.90. The molecule has 96 valence electrons. The number of rotatable bonds is 2. The van der Waals surface area contributed by atoms with Crippen LogP contribution in [0.1, 0.15) is 60.0 Å². The summed E-state index contributed by atoms with van der Waals surface area (Å²) in [6.45, 7) is 15.9.